The summed E-state index contributed by atoms with van der Waals surface area (Å²) in [5.74, 6) is 2.00. The third-order valence-corrected chi connectivity index (χ3v) is 20.8. The molecule has 0 heterocycles. The molecular weight excluding hydrogens is 603 g/mol. The predicted molar refractivity (Wildman–Crippen MR) is 177 cm³/mol. The lowest BCUT2D eigenvalue weighted by molar-refractivity contribution is 0.367. The second-order valence-electron chi connectivity index (χ2n) is 14.8. The molecule has 0 amide bonds. The number of hydrogen-bond acceptors (Lipinski definition) is 6. The van der Waals surface area contributed by atoms with Gasteiger partial charge < -0.3 is 8.85 Å². The highest BCUT2D eigenvalue weighted by Crippen LogP contribution is 2.45. The van der Waals surface area contributed by atoms with E-state index in [2.05, 4.69) is 90.7 Å². The number of rotatable bonds is 9. The normalized spacial score (nSPS) is 19.4. The van der Waals surface area contributed by atoms with Crippen LogP contribution in [0, 0.1) is 0 Å². The minimum atomic E-state index is -3.76. The molecule has 1 saturated carbocycles. The fraction of sp³-hybridized carbons (Fsp3) is 0.613. The van der Waals surface area contributed by atoms with E-state index in [4.69, 9.17) is 8.85 Å². The third-order valence-electron chi connectivity index (χ3n) is 9.39. The van der Waals surface area contributed by atoms with Gasteiger partial charge in [-0.05, 0) is 104 Å². The van der Waals surface area contributed by atoms with Gasteiger partial charge in [0.1, 0.15) is 11.5 Å². The molecule has 0 unspecified atom stereocenters. The van der Waals surface area contributed by atoms with E-state index in [0.29, 0.717) is 12.8 Å². The summed E-state index contributed by atoms with van der Waals surface area (Å²) in [4.78, 5) is 0.165. The van der Waals surface area contributed by atoms with E-state index in [-0.39, 0.29) is 31.8 Å². The van der Waals surface area contributed by atoms with Crippen LogP contribution >= 0.6 is 0 Å². The molecule has 1 aliphatic carbocycles. The van der Waals surface area contributed by atoms with Crippen LogP contribution in [-0.4, -0.2) is 45.8 Å². The number of hydrogen-bond donors (Lipinski definition) is 1. The first-order valence-corrected chi connectivity index (χ1v) is 24.0. The first-order chi connectivity index (χ1) is 18.9. The highest BCUT2D eigenvalue weighted by Gasteiger charge is 2.41. The van der Waals surface area contributed by atoms with Crippen molar-refractivity contribution in [2.45, 2.75) is 125 Å². The first-order valence-electron chi connectivity index (χ1n) is 14.8. The Morgan fingerprint density at radius 2 is 1.19 bits per heavy atom. The lowest BCUT2D eigenvalue weighted by atomic mass is 9.81. The average Bonchev–Trinajstić information content (AvgIpc) is 2.82. The van der Waals surface area contributed by atoms with Gasteiger partial charge in [-0.15, -0.1) is 0 Å². The zero-order valence-corrected chi connectivity index (χ0v) is 30.9. The van der Waals surface area contributed by atoms with E-state index >= 15 is 0 Å². The molecule has 0 atom stereocenters. The van der Waals surface area contributed by atoms with E-state index in [0.717, 1.165) is 30.6 Å². The SMILES string of the molecule is CC(C)(C)[Si](C)(C)Oc1ccc([C@H]2CC[C@@H](NS(=O)(=O)c3ccc(S(C)(=O)=O)cc3)CC2)c(O[Si](C)(C)C(C)(C)C)c1. The Kier molecular flexibility index (Phi) is 9.97. The second kappa shape index (κ2) is 12.0. The quantitative estimate of drug-likeness (QED) is 0.277. The molecule has 7 nitrogen and oxygen atoms in total. The van der Waals surface area contributed by atoms with Crippen LogP contribution in [0.25, 0.3) is 0 Å². The summed E-state index contributed by atoms with van der Waals surface area (Å²) >= 11 is 0. The van der Waals surface area contributed by atoms with Gasteiger partial charge in [0.25, 0.3) is 0 Å². The molecule has 0 radical (unpaired) electrons. The van der Waals surface area contributed by atoms with Crippen molar-refractivity contribution in [3.63, 3.8) is 0 Å². The van der Waals surface area contributed by atoms with E-state index in [1.54, 1.807) is 0 Å². The van der Waals surface area contributed by atoms with Crippen molar-refractivity contribution in [3.05, 3.63) is 48.0 Å². The molecule has 236 valence electrons. The van der Waals surface area contributed by atoms with Gasteiger partial charge in [0.05, 0.1) is 9.79 Å². The van der Waals surface area contributed by atoms with Gasteiger partial charge in [-0.3, -0.25) is 0 Å². The Bertz CT molecular complexity index is 1460. The predicted octanol–water partition coefficient (Wildman–Crippen LogP) is 7.86. The molecule has 0 saturated heterocycles. The molecule has 2 aromatic carbocycles. The van der Waals surface area contributed by atoms with E-state index in [1.165, 1.54) is 29.8 Å². The molecule has 1 aliphatic rings. The number of benzene rings is 2. The van der Waals surface area contributed by atoms with Crippen molar-refractivity contribution >= 4 is 36.5 Å². The summed E-state index contributed by atoms with van der Waals surface area (Å²) in [7, 11) is -11.3. The fourth-order valence-electron chi connectivity index (χ4n) is 4.56. The standard InChI is InChI=1S/C31H51NO6S2Si2/c1-30(2,3)41(8,9)37-25-16-21-28(29(22-25)38-42(10,11)31(4,5)6)23-12-14-24(15-13-23)32-40(35,36)27-19-17-26(18-20-27)39(7,33)34/h16-24,32H,12-15H2,1-11H3/t23-,24+. The van der Waals surface area contributed by atoms with E-state index in [1.807, 2.05) is 0 Å². The molecule has 1 fully saturated rings. The van der Waals surface area contributed by atoms with Gasteiger partial charge in [0.2, 0.25) is 26.7 Å². The maximum atomic E-state index is 13.1. The van der Waals surface area contributed by atoms with Gasteiger partial charge in [0.15, 0.2) is 9.84 Å². The maximum absolute atomic E-state index is 13.1. The average molecular weight is 654 g/mol. The fourth-order valence-corrected chi connectivity index (χ4v) is 8.55. The largest absolute Gasteiger partial charge is 0.543 e. The lowest BCUT2D eigenvalue weighted by Gasteiger charge is -2.39. The minimum absolute atomic E-state index is 0.0377. The molecule has 11 heteroatoms. The van der Waals surface area contributed by atoms with E-state index < -0.39 is 36.5 Å². The van der Waals surface area contributed by atoms with Crippen molar-refractivity contribution in [1.29, 1.82) is 0 Å². The highest BCUT2D eigenvalue weighted by molar-refractivity contribution is 7.90. The number of sulfonamides is 1. The monoisotopic (exact) mass is 653 g/mol. The van der Waals surface area contributed by atoms with Crippen LogP contribution in [0.1, 0.15) is 78.7 Å². The van der Waals surface area contributed by atoms with Gasteiger partial charge in [-0.2, -0.15) is 0 Å². The van der Waals surface area contributed by atoms with Gasteiger partial charge in [0, 0.05) is 18.4 Å². The van der Waals surface area contributed by atoms with Crippen LogP contribution in [0.4, 0.5) is 0 Å². The first kappa shape index (κ1) is 34.8. The Morgan fingerprint density at radius 1 is 0.714 bits per heavy atom. The molecule has 3 rings (SSSR count). The van der Waals surface area contributed by atoms with Gasteiger partial charge in [-0.1, -0.05) is 47.6 Å². The Balaban J connectivity index is 1.81. The Hall–Kier alpha value is -1.67. The van der Waals surface area contributed by atoms with Crippen molar-refractivity contribution in [2.24, 2.45) is 0 Å². The van der Waals surface area contributed by atoms with Crippen LogP contribution in [0.15, 0.2) is 52.3 Å². The summed E-state index contributed by atoms with van der Waals surface area (Å²) in [5.41, 5.74) is 1.17. The molecular formula is C31H51NO6S2Si2. The van der Waals surface area contributed by atoms with Crippen LogP contribution in [-0.2, 0) is 19.9 Å². The van der Waals surface area contributed by atoms with Crippen LogP contribution < -0.4 is 13.6 Å². The van der Waals surface area contributed by atoms with Crippen LogP contribution in [0.5, 0.6) is 11.5 Å². The van der Waals surface area contributed by atoms with Crippen molar-refractivity contribution in [2.75, 3.05) is 6.26 Å². The topological polar surface area (TPSA) is 98.8 Å². The molecule has 42 heavy (non-hydrogen) atoms. The summed E-state index contributed by atoms with van der Waals surface area (Å²) in [6.45, 7) is 22.4. The molecule has 1 N–H and O–H groups in total. The maximum Gasteiger partial charge on any atom is 0.250 e. The number of sulfone groups is 1. The van der Waals surface area contributed by atoms with Crippen molar-refractivity contribution < 1.29 is 25.7 Å². The zero-order chi connectivity index (χ0) is 31.9. The molecule has 0 aliphatic heterocycles. The molecule has 0 aromatic heterocycles. The summed E-state index contributed by atoms with van der Waals surface area (Å²) in [6.07, 6.45) is 4.16. The smallest absolute Gasteiger partial charge is 0.250 e. The Morgan fingerprint density at radius 3 is 1.67 bits per heavy atom. The summed E-state index contributed by atoms with van der Waals surface area (Å²) in [6, 6.07) is 11.5. The van der Waals surface area contributed by atoms with Crippen molar-refractivity contribution in [1.82, 2.24) is 4.72 Å². The van der Waals surface area contributed by atoms with Crippen LogP contribution in [0.2, 0.25) is 36.3 Å². The lowest BCUT2D eigenvalue weighted by Crippen LogP contribution is -2.44. The minimum Gasteiger partial charge on any atom is -0.543 e. The Labute approximate surface area is 257 Å². The highest BCUT2D eigenvalue weighted by atomic mass is 32.2. The van der Waals surface area contributed by atoms with Gasteiger partial charge >= 0.3 is 0 Å². The number of nitrogens with one attached hydrogen (secondary N) is 1. The summed E-state index contributed by atoms with van der Waals surface area (Å²) < 4.78 is 66.0. The molecule has 0 bridgehead atoms. The van der Waals surface area contributed by atoms with Crippen molar-refractivity contribution in [3.8, 4) is 11.5 Å². The second-order valence-corrected chi connectivity index (χ2v) is 28.0. The molecule has 0 spiro atoms. The third kappa shape index (κ3) is 8.28. The zero-order valence-electron chi connectivity index (χ0n) is 27.3. The van der Waals surface area contributed by atoms with E-state index in [9.17, 15) is 16.8 Å². The molecule has 2 aromatic rings. The summed E-state index contributed by atoms with van der Waals surface area (Å²) in [5, 5.41) is 0.115. The van der Waals surface area contributed by atoms with Gasteiger partial charge in [-0.25, -0.2) is 21.6 Å². The van der Waals surface area contributed by atoms with Crippen LogP contribution in [0.3, 0.4) is 0 Å².